The van der Waals surface area contributed by atoms with Gasteiger partial charge in [0.15, 0.2) is 17.5 Å². The van der Waals surface area contributed by atoms with E-state index in [4.69, 9.17) is 29.9 Å². The average Bonchev–Trinajstić information content (AvgIpc) is 1.51. The summed E-state index contributed by atoms with van der Waals surface area (Å²) in [7, 11) is 0. The molecule has 690 valence electrons. The van der Waals surface area contributed by atoms with Gasteiger partial charge in [-0.05, 0) is 201 Å². The Balaban J connectivity index is 0.000000107. The molecule has 0 amide bonds. The number of hydrogen-bond acceptors (Lipinski definition) is 6. The van der Waals surface area contributed by atoms with Gasteiger partial charge in [0.1, 0.15) is 16.8 Å². The number of fused-ring (bicyclic) bond motifs is 24. The zero-order valence-corrected chi connectivity index (χ0v) is 80.3. The van der Waals surface area contributed by atoms with Crippen LogP contribution in [0.2, 0.25) is 0 Å². The lowest BCUT2D eigenvalue weighted by atomic mass is 9.92. The normalized spacial score (nSPS) is 11.6. The second-order valence-corrected chi connectivity index (χ2v) is 37.8. The number of hydrogen-bond donors (Lipinski definition) is 0. The Kier molecular flexibility index (Phi) is 21.1. The van der Waals surface area contributed by atoms with Crippen molar-refractivity contribution in [3.05, 3.63) is 534 Å². The number of nitrogens with zero attached hydrogens (tertiary/aromatic N) is 10. The van der Waals surface area contributed by atoms with Crippen LogP contribution < -0.4 is 0 Å². The lowest BCUT2D eigenvalue weighted by Crippen LogP contribution is -1.99. The van der Waals surface area contributed by atoms with Crippen molar-refractivity contribution in [3.8, 4) is 124 Å². The molecular weight excluding hydrogens is 1800 g/mol. The first-order chi connectivity index (χ1) is 73.4. The Bertz CT molecular complexity index is 10400. The fourth-order valence-electron chi connectivity index (χ4n) is 22.5. The maximum atomic E-state index is 5.36. The first kappa shape index (κ1) is 86.0. The highest BCUT2D eigenvalue weighted by Crippen LogP contribution is 2.48. The largest absolute Gasteiger partial charge is 0.309 e. The monoisotopic (exact) mass is 1880 g/mol. The average molecular weight is 1890 g/mol. The van der Waals surface area contributed by atoms with Crippen molar-refractivity contribution < 1.29 is 0 Å². The summed E-state index contributed by atoms with van der Waals surface area (Å²) in [5, 5.41) is 23.3. The van der Waals surface area contributed by atoms with Crippen LogP contribution in [0.1, 0.15) is 0 Å². The molecule has 23 aromatic carbocycles. The van der Waals surface area contributed by atoms with Gasteiger partial charge in [0.05, 0.1) is 61.0 Å². The standard InChI is InChI=1S/C46H30N4.2C46H29N3/c1-5-15-31(16-6-1)34-25-27-41-38(29-34)37-23-13-14-24-40(37)49(41)36-26-28-42-39(30-36)44-45(50(42)35-21-11-4-12-22-35)43(32-17-7-2-8-18-32)47-46(48-44)33-19-9-3-10-20-33;1-4-14-30(15-5-1)44-43-41-29-33(32-24-26-39-37-22-11-10-20-35(37)36-21-12-13-23-38(36)40(39)28-32)25-27-42(41)49(34-18-8-3-9-19-34)46(43)48-45(47-44)31-16-6-2-7-17-31;1-3-13-31(14-4-1)44-43-40-21-11-12-22-42(40)49(46(43)48-45(47-44)32-15-5-2-6-16-32)34-26-23-30(24-27-34)33-25-28-39-37-19-8-7-17-35(37)36-18-9-10-20-38(36)41(39)29-33/h1-30H;2*1-29H. The van der Waals surface area contributed by atoms with Crippen LogP contribution >= 0.6 is 0 Å². The molecule has 0 bridgehead atoms. The van der Waals surface area contributed by atoms with Crippen LogP contribution in [0.25, 0.3) is 276 Å². The Hall–Kier alpha value is -19.9. The number of rotatable bonds is 13. The molecule has 0 saturated carbocycles. The Morgan fingerprint density at radius 2 is 0.392 bits per heavy atom. The maximum Gasteiger partial charge on any atom is 0.162 e. The maximum absolute atomic E-state index is 5.36. The van der Waals surface area contributed by atoms with Gasteiger partial charge in [-0.2, -0.15) is 0 Å². The van der Waals surface area contributed by atoms with E-state index >= 15 is 0 Å². The molecule has 0 aliphatic rings. The van der Waals surface area contributed by atoms with Crippen LogP contribution in [0.3, 0.4) is 0 Å². The van der Waals surface area contributed by atoms with Gasteiger partial charge in [0.25, 0.3) is 0 Å². The van der Waals surface area contributed by atoms with Crippen LogP contribution in [0.5, 0.6) is 0 Å². The molecule has 10 heteroatoms. The van der Waals surface area contributed by atoms with E-state index in [0.29, 0.717) is 17.5 Å². The molecule has 0 fully saturated rings. The molecule has 7 heterocycles. The van der Waals surface area contributed by atoms with E-state index in [9.17, 15) is 0 Å². The highest BCUT2D eigenvalue weighted by molar-refractivity contribution is 6.28. The van der Waals surface area contributed by atoms with E-state index in [1.807, 2.05) is 66.7 Å². The summed E-state index contributed by atoms with van der Waals surface area (Å²) < 4.78 is 9.29. The smallest absolute Gasteiger partial charge is 0.162 e. The van der Waals surface area contributed by atoms with Crippen LogP contribution in [0.4, 0.5) is 0 Å². The second kappa shape index (κ2) is 36.2. The Morgan fingerprint density at radius 1 is 0.128 bits per heavy atom. The van der Waals surface area contributed by atoms with Gasteiger partial charge in [0.2, 0.25) is 0 Å². The topological polar surface area (TPSA) is 97.1 Å². The van der Waals surface area contributed by atoms with Crippen molar-refractivity contribution in [2.24, 2.45) is 0 Å². The van der Waals surface area contributed by atoms with E-state index in [2.05, 4.69) is 485 Å². The predicted molar refractivity (Wildman–Crippen MR) is 617 cm³/mol. The molecule has 0 radical (unpaired) electrons. The summed E-state index contributed by atoms with van der Waals surface area (Å²) in [5.74, 6) is 2.13. The SMILES string of the molecule is c1ccc(-c2ccc3c(c2)c2ccccc2n3-c2ccc3c(c2)c2nc(-c4ccccc4)nc(-c4ccccc4)c2n3-c2ccccc2)cc1.c1ccc(-c2nc(-c3ccccc3)c3c4cc(-c5ccc6c7ccccc7c7ccccc7c6c5)ccc4n(-c4ccccc4)c3n2)cc1.c1ccc(-c2nc(-c3ccccc3)c3c4ccccc4n(-c4ccc(-c5ccc6c7ccccc7c7ccccc7c6c5)cc4)c3n2)cc1. The first-order valence-corrected chi connectivity index (χ1v) is 50.3. The van der Waals surface area contributed by atoms with Crippen LogP contribution in [0.15, 0.2) is 534 Å². The zero-order chi connectivity index (χ0) is 97.6. The van der Waals surface area contributed by atoms with Gasteiger partial charge in [-0.25, -0.2) is 29.9 Å². The first-order valence-electron chi connectivity index (χ1n) is 50.3. The molecule has 7 aromatic heterocycles. The minimum atomic E-state index is 0.708. The summed E-state index contributed by atoms with van der Waals surface area (Å²) in [6.07, 6.45) is 0. The molecule has 0 aliphatic heterocycles. The summed E-state index contributed by atoms with van der Waals surface area (Å²) in [5.41, 5.74) is 29.6. The van der Waals surface area contributed by atoms with Crippen molar-refractivity contribution in [1.29, 1.82) is 0 Å². The van der Waals surface area contributed by atoms with Gasteiger partial charge >= 0.3 is 0 Å². The minimum Gasteiger partial charge on any atom is -0.309 e. The fourth-order valence-corrected chi connectivity index (χ4v) is 22.5. The molecule has 30 rings (SSSR count). The lowest BCUT2D eigenvalue weighted by Gasteiger charge is -2.13. The number of benzene rings is 23. The van der Waals surface area contributed by atoms with E-state index in [1.165, 1.54) is 114 Å². The highest BCUT2D eigenvalue weighted by Gasteiger charge is 2.28. The number of aromatic nitrogens is 10. The molecule has 10 nitrogen and oxygen atoms in total. The van der Waals surface area contributed by atoms with E-state index in [-0.39, 0.29) is 0 Å². The van der Waals surface area contributed by atoms with Crippen molar-refractivity contribution in [1.82, 2.24) is 48.2 Å². The van der Waals surface area contributed by atoms with Gasteiger partial charge in [-0.15, -0.1) is 0 Å². The third-order valence-corrected chi connectivity index (χ3v) is 29.3. The minimum absolute atomic E-state index is 0.708. The van der Waals surface area contributed by atoms with Crippen LogP contribution in [-0.4, -0.2) is 48.2 Å². The summed E-state index contributed by atoms with van der Waals surface area (Å²) in [4.78, 5) is 31.7. The van der Waals surface area contributed by atoms with E-state index in [1.54, 1.807) is 0 Å². The highest BCUT2D eigenvalue weighted by atomic mass is 15.1. The zero-order valence-electron chi connectivity index (χ0n) is 80.3. The van der Waals surface area contributed by atoms with E-state index < -0.39 is 0 Å². The third kappa shape index (κ3) is 14.8. The molecule has 0 N–H and O–H groups in total. The second-order valence-electron chi connectivity index (χ2n) is 37.8. The van der Waals surface area contributed by atoms with E-state index in [0.717, 1.165) is 145 Å². The summed E-state index contributed by atoms with van der Waals surface area (Å²) >= 11 is 0. The van der Waals surface area contributed by atoms with Crippen molar-refractivity contribution >= 4 is 152 Å². The van der Waals surface area contributed by atoms with Gasteiger partial charge < -0.3 is 9.13 Å². The molecule has 0 unspecified atom stereocenters. The Labute approximate surface area is 852 Å². The quantitative estimate of drug-likeness (QED) is 0.107. The fraction of sp³-hybridized carbons (Fsp3) is 0. The predicted octanol–water partition coefficient (Wildman–Crippen LogP) is 35.7. The van der Waals surface area contributed by atoms with Crippen LogP contribution in [-0.2, 0) is 0 Å². The van der Waals surface area contributed by atoms with Gasteiger partial charge in [0, 0.05) is 83.1 Å². The molecule has 148 heavy (non-hydrogen) atoms. The third-order valence-electron chi connectivity index (χ3n) is 29.3. The number of para-hydroxylation sites is 4. The van der Waals surface area contributed by atoms with Crippen molar-refractivity contribution in [2.45, 2.75) is 0 Å². The van der Waals surface area contributed by atoms with Gasteiger partial charge in [-0.1, -0.05) is 431 Å². The van der Waals surface area contributed by atoms with Gasteiger partial charge in [-0.3, -0.25) is 9.13 Å². The molecule has 0 saturated heterocycles. The summed E-state index contributed by atoms with van der Waals surface area (Å²) in [6.45, 7) is 0. The van der Waals surface area contributed by atoms with Crippen LogP contribution in [0, 0.1) is 0 Å². The molecule has 0 aliphatic carbocycles. The van der Waals surface area contributed by atoms with Crippen molar-refractivity contribution in [2.75, 3.05) is 0 Å². The molecule has 30 aromatic rings. The summed E-state index contributed by atoms with van der Waals surface area (Å²) in [6, 6.07) is 189. The molecule has 0 atom stereocenters. The lowest BCUT2D eigenvalue weighted by molar-refractivity contribution is 1.11. The molecule has 0 spiro atoms. The molecular formula is C138H88N10. The van der Waals surface area contributed by atoms with Crippen molar-refractivity contribution in [3.63, 3.8) is 0 Å². The Morgan fingerprint density at radius 3 is 0.838 bits per heavy atom.